The van der Waals surface area contributed by atoms with Crippen LogP contribution < -0.4 is 5.46 Å². The van der Waals surface area contributed by atoms with Gasteiger partial charge in [-0.3, -0.25) is 0 Å². The van der Waals surface area contributed by atoms with Gasteiger partial charge in [-0.25, -0.2) is 0 Å². The van der Waals surface area contributed by atoms with Gasteiger partial charge in [0.1, 0.15) is 0 Å². The first-order valence-electron chi connectivity index (χ1n) is 11.2. The number of hydrogen-bond acceptors (Lipinski definition) is 3. The van der Waals surface area contributed by atoms with Crippen molar-refractivity contribution < 1.29 is 9.31 Å². The van der Waals surface area contributed by atoms with E-state index in [4.69, 9.17) is 9.31 Å². The first kappa shape index (κ1) is 23.1. The lowest BCUT2D eigenvalue weighted by Gasteiger charge is -2.44. The molecule has 0 radical (unpaired) electrons. The Morgan fingerprint density at radius 1 is 0.933 bits per heavy atom. The van der Waals surface area contributed by atoms with Crippen LogP contribution in [0.4, 0.5) is 0 Å². The Hall–Kier alpha value is -1.55. The zero-order valence-electron chi connectivity index (χ0n) is 20.3. The summed E-state index contributed by atoms with van der Waals surface area (Å²) in [6.07, 6.45) is 2.29. The van der Waals surface area contributed by atoms with Crippen LogP contribution in [-0.4, -0.2) is 30.8 Å². The van der Waals surface area contributed by atoms with Crippen LogP contribution in [0.3, 0.4) is 0 Å². The molecule has 0 aliphatic carbocycles. The molecule has 1 saturated heterocycles. The zero-order chi connectivity index (χ0) is 22.6. The van der Waals surface area contributed by atoms with Crippen molar-refractivity contribution in [1.29, 1.82) is 5.26 Å². The van der Waals surface area contributed by atoms with Gasteiger partial charge >= 0.3 is 7.12 Å². The Kier molecular flexibility index (Phi) is 5.82. The van der Waals surface area contributed by atoms with Crippen LogP contribution in [-0.2, 0) is 9.31 Å². The quantitative estimate of drug-likeness (QED) is 0.567. The molecule has 0 unspecified atom stereocenters. The van der Waals surface area contributed by atoms with Crippen LogP contribution in [0, 0.1) is 11.3 Å². The SMILES string of the molecule is CC(C)[Si](C(C)C)(C(C)C)n1cc(B2OC(C)(C)C(C)(C)O2)c2cc(C#N)ccc21. The number of hydrogen-bond donors (Lipinski definition) is 0. The van der Waals surface area contributed by atoms with E-state index >= 15 is 0 Å². The van der Waals surface area contributed by atoms with Crippen molar-refractivity contribution in [2.45, 2.75) is 97.1 Å². The molecule has 0 N–H and O–H groups in total. The lowest BCUT2D eigenvalue weighted by atomic mass is 9.79. The van der Waals surface area contributed by atoms with Crippen molar-refractivity contribution >= 4 is 31.7 Å². The van der Waals surface area contributed by atoms with Crippen LogP contribution in [0.25, 0.3) is 10.9 Å². The summed E-state index contributed by atoms with van der Waals surface area (Å²) in [6.45, 7) is 22.6. The van der Waals surface area contributed by atoms with Gasteiger partial charge in [0.05, 0.1) is 22.8 Å². The van der Waals surface area contributed by atoms with Crippen molar-refractivity contribution in [1.82, 2.24) is 4.23 Å². The standard InChI is InChI=1S/C24H37BN2O2Si/c1-16(2)30(17(3)4,18(5)6)27-15-21(20-13-19(14-26)11-12-22(20)27)25-28-23(7,8)24(9,10)29-25/h11-13,15-18H,1-10H3. The fourth-order valence-electron chi connectivity index (χ4n) is 5.64. The molecule has 2 heterocycles. The first-order chi connectivity index (χ1) is 13.8. The number of benzene rings is 1. The van der Waals surface area contributed by atoms with Gasteiger partial charge in [-0.2, -0.15) is 5.26 Å². The number of rotatable bonds is 5. The average molecular weight is 424 g/mol. The van der Waals surface area contributed by atoms with Crippen molar-refractivity contribution in [3.05, 3.63) is 30.0 Å². The second kappa shape index (κ2) is 7.55. The van der Waals surface area contributed by atoms with E-state index in [0.29, 0.717) is 22.2 Å². The molecule has 0 bridgehead atoms. The van der Waals surface area contributed by atoms with E-state index in [1.165, 1.54) is 5.52 Å². The van der Waals surface area contributed by atoms with Gasteiger partial charge in [-0.05, 0) is 74.1 Å². The molecule has 1 fully saturated rings. The highest BCUT2D eigenvalue weighted by molar-refractivity contribution is 6.83. The maximum absolute atomic E-state index is 9.54. The van der Waals surface area contributed by atoms with Gasteiger partial charge < -0.3 is 13.5 Å². The fourth-order valence-corrected chi connectivity index (χ4v) is 12.3. The molecule has 1 aliphatic rings. The molecule has 1 aliphatic heterocycles. The second-order valence-electron chi connectivity index (χ2n) is 10.7. The first-order valence-corrected chi connectivity index (χ1v) is 13.4. The van der Waals surface area contributed by atoms with E-state index in [2.05, 4.69) is 91.8 Å². The van der Waals surface area contributed by atoms with Crippen molar-refractivity contribution in [2.75, 3.05) is 0 Å². The Bertz CT molecular complexity index is 947. The summed E-state index contributed by atoms with van der Waals surface area (Å²) < 4.78 is 15.5. The monoisotopic (exact) mass is 424 g/mol. The van der Waals surface area contributed by atoms with E-state index in [1.807, 2.05) is 12.1 Å². The predicted octanol–water partition coefficient (Wildman–Crippen LogP) is 5.84. The van der Waals surface area contributed by atoms with Crippen molar-refractivity contribution in [2.24, 2.45) is 0 Å². The highest BCUT2D eigenvalue weighted by Gasteiger charge is 2.53. The van der Waals surface area contributed by atoms with Gasteiger partial charge in [0.25, 0.3) is 0 Å². The summed E-state index contributed by atoms with van der Waals surface area (Å²) >= 11 is 0. The molecule has 2 aromatic rings. The average Bonchev–Trinajstić information content (AvgIpc) is 3.08. The molecule has 30 heavy (non-hydrogen) atoms. The fraction of sp³-hybridized carbons (Fsp3) is 0.625. The van der Waals surface area contributed by atoms with Crippen LogP contribution in [0.1, 0.15) is 74.8 Å². The largest absolute Gasteiger partial charge is 0.497 e. The lowest BCUT2D eigenvalue weighted by Crippen LogP contribution is -2.52. The minimum Gasteiger partial charge on any atom is -0.399 e. The van der Waals surface area contributed by atoms with Crippen LogP contribution >= 0.6 is 0 Å². The van der Waals surface area contributed by atoms with Crippen molar-refractivity contribution in [3.63, 3.8) is 0 Å². The summed E-state index contributed by atoms with van der Waals surface area (Å²) in [5.74, 6) is 0. The second-order valence-corrected chi connectivity index (χ2v) is 16.5. The molecule has 1 aromatic heterocycles. The maximum atomic E-state index is 9.54. The highest BCUT2D eigenvalue weighted by Crippen LogP contribution is 2.44. The molecule has 3 rings (SSSR count). The highest BCUT2D eigenvalue weighted by atomic mass is 28.3. The molecule has 0 spiro atoms. The van der Waals surface area contributed by atoms with Crippen molar-refractivity contribution in [3.8, 4) is 6.07 Å². The number of nitriles is 1. The third-order valence-electron chi connectivity index (χ3n) is 7.66. The lowest BCUT2D eigenvalue weighted by molar-refractivity contribution is 0.00578. The minimum absolute atomic E-state index is 0.401. The Labute approximate surface area is 183 Å². The Morgan fingerprint density at radius 2 is 1.43 bits per heavy atom. The molecule has 4 nitrogen and oxygen atoms in total. The molecule has 0 atom stereocenters. The number of nitrogens with zero attached hydrogens (tertiary/aromatic N) is 2. The predicted molar refractivity (Wildman–Crippen MR) is 129 cm³/mol. The van der Waals surface area contributed by atoms with Gasteiger partial charge in [0.15, 0.2) is 8.24 Å². The molecule has 1 aromatic carbocycles. The van der Waals surface area contributed by atoms with E-state index in [1.54, 1.807) is 0 Å². The molecular weight excluding hydrogens is 387 g/mol. The van der Waals surface area contributed by atoms with E-state index in [9.17, 15) is 5.26 Å². The third-order valence-corrected chi connectivity index (χ3v) is 14.4. The summed E-state index contributed by atoms with van der Waals surface area (Å²) in [5, 5.41) is 10.6. The molecular formula is C24H37BN2O2Si. The Balaban J connectivity index is 2.33. The maximum Gasteiger partial charge on any atom is 0.497 e. The molecule has 162 valence electrons. The smallest absolute Gasteiger partial charge is 0.399 e. The van der Waals surface area contributed by atoms with Gasteiger partial charge in [0.2, 0.25) is 0 Å². The minimum atomic E-state index is -1.97. The van der Waals surface area contributed by atoms with E-state index in [0.717, 1.165) is 10.8 Å². The van der Waals surface area contributed by atoms with Crippen LogP contribution in [0.2, 0.25) is 16.6 Å². The van der Waals surface area contributed by atoms with E-state index in [-0.39, 0.29) is 0 Å². The zero-order valence-corrected chi connectivity index (χ0v) is 21.3. The van der Waals surface area contributed by atoms with Crippen LogP contribution in [0.15, 0.2) is 24.4 Å². The molecule has 0 amide bonds. The summed E-state index contributed by atoms with van der Waals surface area (Å²) in [7, 11) is -2.41. The third kappa shape index (κ3) is 3.26. The molecule has 6 heteroatoms. The summed E-state index contributed by atoms with van der Waals surface area (Å²) in [5.41, 5.74) is 3.80. The van der Waals surface area contributed by atoms with Gasteiger partial charge in [-0.15, -0.1) is 0 Å². The van der Waals surface area contributed by atoms with Gasteiger partial charge in [-0.1, -0.05) is 41.5 Å². The molecule has 0 saturated carbocycles. The summed E-state index contributed by atoms with van der Waals surface area (Å²) in [4.78, 5) is 0. The van der Waals surface area contributed by atoms with Gasteiger partial charge in [0, 0.05) is 11.0 Å². The number of aromatic nitrogens is 1. The Morgan fingerprint density at radius 3 is 1.87 bits per heavy atom. The normalized spacial score (nSPS) is 18.7. The van der Waals surface area contributed by atoms with Crippen LogP contribution in [0.5, 0.6) is 0 Å². The van der Waals surface area contributed by atoms with E-state index < -0.39 is 26.6 Å². The topological polar surface area (TPSA) is 47.2 Å². The number of fused-ring (bicyclic) bond motifs is 1. The summed E-state index contributed by atoms with van der Waals surface area (Å²) in [6, 6.07) is 8.37.